The van der Waals surface area contributed by atoms with Crippen molar-refractivity contribution < 1.29 is 15.4 Å². The minimum Gasteiger partial charge on any atom is -0.790 e. The molecule has 0 fully saturated rings. The Kier molecular flexibility index (Phi) is 4.95. The Balaban J connectivity index is 2.34. The molecule has 0 amide bonds. The topological polar surface area (TPSA) is 91.8 Å². The lowest BCUT2D eigenvalue weighted by molar-refractivity contribution is -0.757. The third-order valence-corrected chi connectivity index (χ3v) is 4.69. The lowest BCUT2D eigenvalue weighted by Gasteiger charge is -2.33. The second-order valence-corrected chi connectivity index (χ2v) is 6.10. The van der Waals surface area contributed by atoms with Crippen molar-refractivity contribution in [1.82, 2.24) is 0 Å². The summed E-state index contributed by atoms with van der Waals surface area (Å²) in [7, 11) is 0. The summed E-state index contributed by atoms with van der Waals surface area (Å²) in [4.78, 5) is 10.4. The minimum absolute atomic E-state index is 0.387. The minimum atomic E-state index is -2.38. The van der Waals surface area contributed by atoms with Crippen molar-refractivity contribution in [3.63, 3.8) is 0 Å². The maximum Gasteiger partial charge on any atom is 0.239 e. The smallest absolute Gasteiger partial charge is 0.239 e. The summed E-state index contributed by atoms with van der Waals surface area (Å²) in [6, 6.07) is 17.8. The third-order valence-electron chi connectivity index (χ3n) is 3.25. The molecule has 5 nitrogen and oxygen atoms in total. The zero-order chi connectivity index (χ0) is 16.2. The molecule has 0 aliphatic rings. The molecular weight excluding hydrogens is 300 g/mol. The molecule has 0 aliphatic heterocycles. The predicted octanol–water partition coefficient (Wildman–Crippen LogP) is 1.02. The maximum atomic E-state index is 12.5. The number of nitro groups is 1. The average Bonchev–Trinajstić information content (AvgIpc) is 2.53. The van der Waals surface area contributed by atoms with Crippen LogP contribution in [-0.4, -0.2) is 15.7 Å². The Bertz CT molecular complexity index is 660. The monoisotopic (exact) mass is 316 g/mol. The van der Waals surface area contributed by atoms with Gasteiger partial charge in [0.25, 0.3) is 0 Å². The summed E-state index contributed by atoms with van der Waals surface area (Å²) in [6.07, 6.45) is 0. The van der Waals surface area contributed by atoms with Gasteiger partial charge >= 0.3 is 0 Å². The van der Waals surface area contributed by atoms with Crippen molar-refractivity contribution in [3.05, 3.63) is 81.9 Å². The normalized spacial score (nSPS) is 14.8. The van der Waals surface area contributed by atoms with E-state index in [1.807, 2.05) is 18.2 Å². The van der Waals surface area contributed by atoms with E-state index in [0.29, 0.717) is 10.6 Å². The van der Waals surface area contributed by atoms with Crippen LogP contribution in [-0.2, 0) is 0 Å². The van der Waals surface area contributed by atoms with E-state index in [0.717, 1.165) is 24.2 Å². The Morgan fingerprint density at radius 1 is 1.14 bits per heavy atom. The second kappa shape index (κ2) is 6.72. The fourth-order valence-corrected chi connectivity index (χ4v) is 3.13. The highest BCUT2D eigenvalue weighted by atomic mass is 32.2. The van der Waals surface area contributed by atoms with Crippen molar-refractivity contribution in [1.29, 1.82) is 0 Å². The summed E-state index contributed by atoms with van der Waals surface area (Å²) in [5.74, 6) is 0. The quantitative estimate of drug-likeness (QED) is 0.293. The molecule has 114 valence electrons. The van der Waals surface area contributed by atoms with E-state index in [1.165, 1.54) is 0 Å². The SMILES string of the molecule is CC([O-])(C(SC(=[NH2+])c1ccccc1)c1ccccc1)[N+](=O)[O-]. The van der Waals surface area contributed by atoms with Crippen LogP contribution in [0.2, 0.25) is 0 Å². The zero-order valence-corrected chi connectivity index (χ0v) is 12.8. The first-order valence-corrected chi connectivity index (χ1v) is 7.55. The van der Waals surface area contributed by atoms with Crippen molar-refractivity contribution in [2.75, 3.05) is 0 Å². The van der Waals surface area contributed by atoms with Gasteiger partial charge in [-0.3, -0.25) is 10.1 Å². The first-order chi connectivity index (χ1) is 10.4. The van der Waals surface area contributed by atoms with Gasteiger partial charge in [0, 0.05) is 4.92 Å². The average molecular weight is 316 g/mol. The number of benzene rings is 2. The van der Waals surface area contributed by atoms with Crippen molar-refractivity contribution in [3.8, 4) is 0 Å². The lowest BCUT2D eigenvalue weighted by atomic mass is 10.0. The Morgan fingerprint density at radius 2 is 1.64 bits per heavy atom. The van der Waals surface area contributed by atoms with E-state index in [-0.39, 0.29) is 0 Å². The van der Waals surface area contributed by atoms with Crippen molar-refractivity contribution in [2.24, 2.45) is 0 Å². The van der Waals surface area contributed by atoms with Gasteiger partial charge in [-0.25, -0.2) is 5.41 Å². The Morgan fingerprint density at radius 3 is 2.14 bits per heavy atom. The van der Waals surface area contributed by atoms with Gasteiger partial charge < -0.3 is 5.11 Å². The number of thioether (sulfide) groups is 1. The number of nitrogens with zero attached hydrogens (tertiary/aromatic N) is 1. The first-order valence-electron chi connectivity index (χ1n) is 6.67. The number of hydrogen-bond donors (Lipinski definition) is 1. The van der Waals surface area contributed by atoms with Gasteiger partial charge in [0.05, 0.1) is 10.8 Å². The molecule has 0 aliphatic carbocycles. The van der Waals surface area contributed by atoms with Crippen LogP contribution >= 0.6 is 11.8 Å². The molecule has 2 atom stereocenters. The fourth-order valence-electron chi connectivity index (χ4n) is 2.01. The fraction of sp³-hybridized carbons (Fsp3) is 0.188. The summed E-state index contributed by atoms with van der Waals surface area (Å²) < 4.78 is 0. The van der Waals surface area contributed by atoms with E-state index >= 15 is 0 Å². The van der Waals surface area contributed by atoms with Gasteiger partial charge in [-0.1, -0.05) is 48.5 Å². The zero-order valence-electron chi connectivity index (χ0n) is 12.0. The second-order valence-electron chi connectivity index (χ2n) is 4.95. The summed E-state index contributed by atoms with van der Waals surface area (Å²) in [5, 5.41) is 29.2. The Labute approximate surface area is 132 Å². The van der Waals surface area contributed by atoms with Crippen LogP contribution < -0.4 is 10.5 Å². The number of hydrogen-bond acceptors (Lipinski definition) is 4. The predicted molar refractivity (Wildman–Crippen MR) is 84.6 cm³/mol. The van der Waals surface area contributed by atoms with Gasteiger partial charge in [0.2, 0.25) is 5.04 Å². The molecule has 2 aromatic rings. The first kappa shape index (κ1) is 16.2. The third kappa shape index (κ3) is 3.52. The van der Waals surface area contributed by atoms with Gasteiger partial charge in [-0.15, -0.1) is 0 Å². The molecule has 2 unspecified atom stereocenters. The van der Waals surface area contributed by atoms with E-state index < -0.39 is 15.9 Å². The molecule has 2 N–H and O–H groups in total. The van der Waals surface area contributed by atoms with Crippen LogP contribution in [0.5, 0.6) is 0 Å². The standard InChI is InChI=1S/C16H15N2O3S/c1-16(19,18(20)21)14(12-8-4-2-5-9-12)22-15(17)13-10-6-3-7-11-13/h2-11,14,17H,1H3/q-1/p+1. The molecule has 22 heavy (non-hydrogen) atoms. The Hall–Kier alpha value is -2.18. The maximum absolute atomic E-state index is 12.5. The highest BCUT2D eigenvalue weighted by Crippen LogP contribution is 2.38. The number of nitrogens with two attached hydrogens (primary N) is 1. The molecule has 0 radical (unpaired) electrons. The van der Waals surface area contributed by atoms with Crippen LogP contribution in [0.4, 0.5) is 0 Å². The molecular formula is C16H16N2O3S. The van der Waals surface area contributed by atoms with Gasteiger partial charge in [-0.05, 0) is 36.4 Å². The van der Waals surface area contributed by atoms with Crippen LogP contribution in [0.25, 0.3) is 0 Å². The molecule has 0 saturated heterocycles. The molecule has 0 saturated carbocycles. The highest BCUT2D eigenvalue weighted by molar-refractivity contribution is 8.14. The van der Waals surface area contributed by atoms with Gasteiger partial charge in [0.1, 0.15) is 0 Å². The lowest BCUT2D eigenvalue weighted by Crippen LogP contribution is -2.53. The summed E-state index contributed by atoms with van der Waals surface area (Å²) >= 11 is 1.03. The van der Waals surface area contributed by atoms with Crippen LogP contribution in [0, 0.1) is 10.1 Å². The summed E-state index contributed by atoms with van der Waals surface area (Å²) in [5.41, 5.74) is -1.06. The summed E-state index contributed by atoms with van der Waals surface area (Å²) in [6.45, 7) is 1.08. The van der Waals surface area contributed by atoms with E-state index in [9.17, 15) is 15.2 Å². The molecule has 0 heterocycles. The van der Waals surface area contributed by atoms with E-state index in [2.05, 4.69) is 0 Å². The van der Waals surface area contributed by atoms with E-state index in [4.69, 9.17) is 5.41 Å². The molecule has 6 heteroatoms. The van der Waals surface area contributed by atoms with Gasteiger partial charge in [-0.2, -0.15) is 0 Å². The van der Waals surface area contributed by atoms with Crippen molar-refractivity contribution in [2.45, 2.75) is 17.9 Å². The van der Waals surface area contributed by atoms with Gasteiger partial charge in [0.15, 0.2) is 5.72 Å². The molecule has 0 aromatic heterocycles. The van der Waals surface area contributed by atoms with Crippen LogP contribution in [0.1, 0.15) is 23.3 Å². The van der Waals surface area contributed by atoms with E-state index in [1.54, 1.807) is 42.5 Å². The van der Waals surface area contributed by atoms with Crippen LogP contribution in [0.15, 0.2) is 60.7 Å². The number of rotatable bonds is 5. The largest absolute Gasteiger partial charge is 0.790 e. The molecule has 0 spiro atoms. The van der Waals surface area contributed by atoms with Crippen molar-refractivity contribution >= 4 is 16.8 Å². The van der Waals surface area contributed by atoms with Crippen LogP contribution in [0.3, 0.4) is 0 Å². The molecule has 0 bridgehead atoms. The molecule has 2 aromatic carbocycles. The highest BCUT2D eigenvalue weighted by Gasteiger charge is 2.38. The molecule has 2 rings (SSSR count).